The number of aromatic nitrogens is 1. The van der Waals surface area contributed by atoms with E-state index in [0.29, 0.717) is 18.7 Å². The number of benzene rings is 1. The van der Waals surface area contributed by atoms with E-state index < -0.39 is 0 Å². The van der Waals surface area contributed by atoms with Gasteiger partial charge in [0.1, 0.15) is 5.75 Å². The Morgan fingerprint density at radius 3 is 3.04 bits per heavy atom. The second-order valence-corrected chi connectivity index (χ2v) is 6.47. The number of hydrogen-bond acceptors (Lipinski definition) is 4. The lowest BCUT2D eigenvalue weighted by molar-refractivity contribution is 0.0781. The standard InChI is InChI=1S/C19H20N2O3/c22-12-13-3-5-21(11-13)19(23)17-8-16(9-20-10-17)14-1-2-18-15(7-14)4-6-24-18/h1-2,7-10,13,22H,3-6,11-12H2. The van der Waals surface area contributed by atoms with E-state index in [1.807, 2.05) is 18.2 Å². The highest BCUT2D eigenvalue weighted by Crippen LogP contribution is 2.30. The molecule has 0 saturated carbocycles. The minimum absolute atomic E-state index is 0.00945. The molecule has 3 heterocycles. The summed E-state index contributed by atoms with van der Waals surface area (Å²) in [7, 11) is 0. The van der Waals surface area contributed by atoms with Crippen molar-refractivity contribution in [3.05, 3.63) is 47.8 Å². The van der Waals surface area contributed by atoms with Crippen LogP contribution in [0.5, 0.6) is 5.75 Å². The van der Waals surface area contributed by atoms with Crippen molar-refractivity contribution in [2.45, 2.75) is 12.8 Å². The third kappa shape index (κ3) is 2.76. The number of likely N-dealkylation sites (tertiary alicyclic amines) is 1. The van der Waals surface area contributed by atoms with E-state index in [0.717, 1.165) is 36.3 Å². The summed E-state index contributed by atoms with van der Waals surface area (Å²) in [5.74, 6) is 1.14. The largest absolute Gasteiger partial charge is 0.493 e. The molecule has 0 aliphatic carbocycles. The number of rotatable bonds is 3. The van der Waals surface area contributed by atoms with E-state index in [1.54, 1.807) is 17.3 Å². The van der Waals surface area contributed by atoms with E-state index >= 15 is 0 Å². The third-order valence-corrected chi connectivity index (χ3v) is 4.84. The van der Waals surface area contributed by atoms with Crippen LogP contribution < -0.4 is 4.74 Å². The SMILES string of the molecule is O=C(c1cncc(-c2ccc3c(c2)CCO3)c1)N1CCC(CO)C1. The predicted octanol–water partition coefficient (Wildman–Crippen LogP) is 2.14. The quantitative estimate of drug-likeness (QED) is 0.939. The highest BCUT2D eigenvalue weighted by molar-refractivity contribution is 5.95. The lowest BCUT2D eigenvalue weighted by Crippen LogP contribution is -2.29. The summed E-state index contributed by atoms with van der Waals surface area (Å²) in [6.45, 7) is 2.19. The second-order valence-electron chi connectivity index (χ2n) is 6.47. The molecule has 124 valence electrons. The van der Waals surface area contributed by atoms with Crippen molar-refractivity contribution < 1.29 is 14.6 Å². The summed E-state index contributed by atoms with van der Waals surface area (Å²) in [6, 6.07) is 8.01. The molecule has 1 unspecified atom stereocenters. The first-order valence-electron chi connectivity index (χ1n) is 8.36. The predicted molar refractivity (Wildman–Crippen MR) is 90.0 cm³/mol. The molecule has 2 aliphatic rings. The van der Waals surface area contributed by atoms with Crippen molar-refractivity contribution in [3.8, 4) is 16.9 Å². The van der Waals surface area contributed by atoms with Crippen LogP contribution in [0.4, 0.5) is 0 Å². The molecule has 2 aromatic rings. The summed E-state index contributed by atoms with van der Waals surface area (Å²) in [5.41, 5.74) is 3.79. The van der Waals surface area contributed by atoms with Gasteiger partial charge < -0.3 is 14.7 Å². The van der Waals surface area contributed by atoms with Crippen molar-refractivity contribution in [2.24, 2.45) is 5.92 Å². The third-order valence-electron chi connectivity index (χ3n) is 4.84. The molecule has 1 aromatic carbocycles. The van der Waals surface area contributed by atoms with E-state index in [4.69, 9.17) is 4.74 Å². The Morgan fingerprint density at radius 1 is 1.29 bits per heavy atom. The molecule has 1 saturated heterocycles. The number of ether oxygens (including phenoxy) is 1. The van der Waals surface area contributed by atoms with Gasteiger partial charge in [0.15, 0.2) is 0 Å². The first-order chi connectivity index (χ1) is 11.7. The van der Waals surface area contributed by atoms with E-state index in [2.05, 4.69) is 11.1 Å². The molecule has 1 amide bonds. The fourth-order valence-electron chi connectivity index (χ4n) is 3.43. The van der Waals surface area contributed by atoms with Crippen LogP contribution >= 0.6 is 0 Å². The van der Waals surface area contributed by atoms with Crippen LogP contribution in [0.1, 0.15) is 22.3 Å². The van der Waals surface area contributed by atoms with Crippen molar-refractivity contribution >= 4 is 5.91 Å². The summed E-state index contributed by atoms with van der Waals surface area (Å²) < 4.78 is 5.54. The molecule has 5 heteroatoms. The lowest BCUT2D eigenvalue weighted by Gasteiger charge is -2.16. The first kappa shape index (κ1) is 15.1. The fourth-order valence-corrected chi connectivity index (χ4v) is 3.43. The zero-order chi connectivity index (χ0) is 16.5. The maximum absolute atomic E-state index is 12.7. The van der Waals surface area contributed by atoms with Gasteiger partial charge in [-0.15, -0.1) is 0 Å². The van der Waals surface area contributed by atoms with Gasteiger partial charge in [0.05, 0.1) is 12.2 Å². The summed E-state index contributed by atoms with van der Waals surface area (Å²) in [4.78, 5) is 18.7. The van der Waals surface area contributed by atoms with Gasteiger partial charge in [-0.3, -0.25) is 9.78 Å². The first-order valence-corrected chi connectivity index (χ1v) is 8.36. The van der Waals surface area contributed by atoms with Gasteiger partial charge in [-0.05, 0) is 35.7 Å². The molecule has 1 aromatic heterocycles. The fraction of sp³-hybridized carbons (Fsp3) is 0.368. The van der Waals surface area contributed by atoms with Crippen LogP contribution in [-0.4, -0.2) is 47.2 Å². The molecule has 0 bridgehead atoms. The van der Waals surface area contributed by atoms with Crippen LogP contribution in [0.15, 0.2) is 36.7 Å². The second kappa shape index (κ2) is 6.24. The average molecular weight is 324 g/mol. The number of amides is 1. The van der Waals surface area contributed by atoms with Gasteiger partial charge in [-0.25, -0.2) is 0 Å². The van der Waals surface area contributed by atoms with Gasteiger partial charge in [-0.1, -0.05) is 6.07 Å². The molecule has 24 heavy (non-hydrogen) atoms. The topological polar surface area (TPSA) is 62.7 Å². The number of carbonyl (C=O) groups is 1. The molecule has 4 rings (SSSR count). The zero-order valence-corrected chi connectivity index (χ0v) is 13.4. The molecule has 1 N–H and O–H groups in total. The minimum Gasteiger partial charge on any atom is -0.493 e. The number of nitrogens with zero attached hydrogens (tertiary/aromatic N) is 2. The van der Waals surface area contributed by atoms with Gasteiger partial charge in [0.2, 0.25) is 0 Å². The Balaban J connectivity index is 1.59. The van der Waals surface area contributed by atoms with E-state index in [1.165, 1.54) is 5.56 Å². The molecule has 1 fully saturated rings. The van der Waals surface area contributed by atoms with E-state index in [9.17, 15) is 9.90 Å². The average Bonchev–Trinajstić information content (AvgIpc) is 3.29. The Bertz CT molecular complexity index is 775. The smallest absolute Gasteiger partial charge is 0.255 e. The number of aliphatic hydroxyl groups is 1. The van der Waals surface area contributed by atoms with Gasteiger partial charge >= 0.3 is 0 Å². The van der Waals surface area contributed by atoms with Crippen LogP contribution in [0.25, 0.3) is 11.1 Å². The molecular weight excluding hydrogens is 304 g/mol. The molecule has 2 aliphatic heterocycles. The maximum Gasteiger partial charge on any atom is 0.255 e. The molecule has 0 radical (unpaired) electrons. The molecular formula is C19H20N2O3. The number of carbonyl (C=O) groups excluding carboxylic acids is 1. The summed E-state index contributed by atoms with van der Waals surface area (Å²) in [5, 5.41) is 9.25. The number of aliphatic hydroxyl groups excluding tert-OH is 1. The van der Waals surface area contributed by atoms with Gasteiger partial charge in [0.25, 0.3) is 5.91 Å². The van der Waals surface area contributed by atoms with Gasteiger partial charge in [0, 0.05) is 50.0 Å². The Labute approximate surface area is 140 Å². The molecule has 1 atom stereocenters. The molecule has 0 spiro atoms. The van der Waals surface area contributed by atoms with Crippen LogP contribution in [0.3, 0.4) is 0 Å². The highest BCUT2D eigenvalue weighted by Gasteiger charge is 2.26. The highest BCUT2D eigenvalue weighted by atomic mass is 16.5. The van der Waals surface area contributed by atoms with E-state index in [-0.39, 0.29) is 18.4 Å². The van der Waals surface area contributed by atoms with Crippen LogP contribution in [0.2, 0.25) is 0 Å². The molecule has 5 nitrogen and oxygen atoms in total. The monoisotopic (exact) mass is 324 g/mol. The summed E-state index contributed by atoms with van der Waals surface area (Å²) >= 11 is 0. The number of fused-ring (bicyclic) bond motifs is 1. The Hall–Kier alpha value is -2.40. The minimum atomic E-state index is -0.00945. The van der Waals surface area contributed by atoms with Crippen LogP contribution in [0, 0.1) is 5.92 Å². The zero-order valence-electron chi connectivity index (χ0n) is 13.4. The van der Waals surface area contributed by atoms with Crippen molar-refractivity contribution in [2.75, 3.05) is 26.3 Å². The maximum atomic E-state index is 12.7. The van der Waals surface area contributed by atoms with Gasteiger partial charge in [-0.2, -0.15) is 0 Å². The Morgan fingerprint density at radius 2 is 2.21 bits per heavy atom. The van der Waals surface area contributed by atoms with Crippen molar-refractivity contribution in [1.82, 2.24) is 9.88 Å². The normalized spacial score (nSPS) is 19.2. The summed E-state index contributed by atoms with van der Waals surface area (Å²) in [6.07, 6.45) is 5.19. The number of hydrogen-bond donors (Lipinski definition) is 1. The van der Waals surface area contributed by atoms with Crippen molar-refractivity contribution in [3.63, 3.8) is 0 Å². The van der Waals surface area contributed by atoms with Crippen LogP contribution in [-0.2, 0) is 6.42 Å². The van der Waals surface area contributed by atoms with Crippen molar-refractivity contribution in [1.29, 1.82) is 0 Å². The number of pyridine rings is 1. The Kier molecular flexibility index (Phi) is 3.94. The lowest BCUT2D eigenvalue weighted by atomic mass is 10.0.